The highest BCUT2D eigenvalue weighted by Crippen LogP contribution is 2.22. The van der Waals surface area contributed by atoms with E-state index in [2.05, 4.69) is 15.3 Å². The second-order valence-electron chi connectivity index (χ2n) is 4.58. The van der Waals surface area contributed by atoms with Crippen LogP contribution in [0.3, 0.4) is 0 Å². The molecule has 1 fully saturated rings. The Labute approximate surface area is 117 Å². The molecular formula is C10H16ClN5O2S. The third-order valence-electron chi connectivity index (χ3n) is 3.04. The predicted octanol–water partition coefficient (Wildman–Crippen LogP) is 0.406. The van der Waals surface area contributed by atoms with Gasteiger partial charge in [-0.2, -0.15) is 4.98 Å². The van der Waals surface area contributed by atoms with Crippen molar-refractivity contribution in [3.63, 3.8) is 0 Å². The Bertz CT molecular complexity index is 565. The van der Waals surface area contributed by atoms with E-state index in [0.717, 1.165) is 6.42 Å². The Morgan fingerprint density at radius 1 is 1.63 bits per heavy atom. The molecule has 2 rings (SSSR count). The largest absolute Gasteiger partial charge is 0.368 e. The summed E-state index contributed by atoms with van der Waals surface area (Å²) in [7, 11) is -3.10. The Hall–Kier alpha value is -1.12. The van der Waals surface area contributed by atoms with Crippen LogP contribution in [0, 0.1) is 5.92 Å². The van der Waals surface area contributed by atoms with Gasteiger partial charge in [-0.05, 0) is 12.3 Å². The maximum absolute atomic E-state index is 11.4. The van der Waals surface area contributed by atoms with Crippen molar-refractivity contribution < 1.29 is 8.42 Å². The van der Waals surface area contributed by atoms with Crippen LogP contribution in [0.5, 0.6) is 0 Å². The van der Waals surface area contributed by atoms with E-state index < -0.39 is 10.0 Å². The van der Waals surface area contributed by atoms with Crippen LogP contribution < -0.4 is 11.1 Å². The van der Waals surface area contributed by atoms with E-state index in [1.807, 2.05) is 0 Å². The van der Waals surface area contributed by atoms with Crippen LogP contribution in [0.15, 0.2) is 6.20 Å². The summed E-state index contributed by atoms with van der Waals surface area (Å²) < 4.78 is 24.3. The van der Waals surface area contributed by atoms with Gasteiger partial charge in [-0.25, -0.2) is 17.7 Å². The summed E-state index contributed by atoms with van der Waals surface area (Å²) in [5, 5.41) is 3.48. The van der Waals surface area contributed by atoms with E-state index in [1.54, 1.807) is 0 Å². The topological polar surface area (TPSA) is 101 Å². The average molecular weight is 306 g/mol. The smallest absolute Gasteiger partial charge is 0.222 e. The summed E-state index contributed by atoms with van der Waals surface area (Å²) in [5.41, 5.74) is 5.48. The molecule has 1 atom stereocenters. The number of rotatable bonds is 4. The minimum Gasteiger partial charge on any atom is -0.368 e. The molecule has 0 amide bonds. The summed E-state index contributed by atoms with van der Waals surface area (Å²) in [4.78, 5) is 7.76. The molecule has 1 aromatic heterocycles. The lowest BCUT2D eigenvalue weighted by atomic mass is 10.1. The van der Waals surface area contributed by atoms with Crippen LogP contribution in [-0.4, -0.2) is 48.6 Å². The zero-order valence-corrected chi connectivity index (χ0v) is 12.1. The van der Waals surface area contributed by atoms with Gasteiger partial charge in [-0.1, -0.05) is 11.6 Å². The number of sulfonamides is 1. The van der Waals surface area contributed by atoms with Gasteiger partial charge in [-0.3, -0.25) is 0 Å². The number of nitrogens with two attached hydrogens (primary N) is 1. The van der Waals surface area contributed by atoms with E-state index in [-0.39, 0.29) is 11.9 Å². The molecule has 1 aliphatic rings. The zero-order valence-electron chi connectivity index (χ0n) is 10.5. The molecule has 1 aliphatic heterocycles. The first-order valence-corrected chi connectivity index (χ1v) is 8.06. The minimum absolute atomic E-state index is 0.149. The maximum atomic E-state index is 11.4. The quantitative estimate of drug-likeness (QED) is 0.835. The van der Waals surface area contributed by atoms with E-state index in [1.165, 1.54) is 16.8 Å². The molecule has 0 saturated carbocycles. The number of halogens is 1. The first kappa shape index (κ1) is 14.3. The minimum atomic E-state index is -3.10. The normalized spacial score (nSPS) is 20.6. The first-order chi connectivity index (χ1) is 8.86. The van der Waals surface area contributed by atoms with Gasteiger partial charge in [0, 0.05) is 19.6 Å². The van der Waals surface area contributed by atoms with Gasteiger partial charge in [-0.15, -0.1) is 0 Å². The molecular weight excluding hydrogens is 290 g/mol. The van der Waals surface area contributed by atoms with Gasteiger partial charge in [0.2, 0.25) is 16.0 Å². The highest BCUT2D eigenvalue weighted by Gasteiger charge is 2.28. The van der Waals surface area contributed by atoms with Gasteiger partial charge < -0.3 is 11.1 Å². The van der Waals surface area contributed by atoms with Gasteiger partial charge >= 0.3 is 0 Å². The average Bonchev–Trinajstić information content (AvgIpc) is 2.79. The summed E-state index contributed by atoms with van der Waals surface area (Å²) in [6.07, 6.45) is 3.48. The van der Waals surface area contributed by atoms with Crippen molar-refractivity contribution >= 4 is 33.4 Å². The Balaban J connectivity index is 1.92. The van der Waals surface area contributed by atoms with Crippen molar-refractivity contribution in [2.75, 3.05) is 36.9 Å². The van der Waals surface area contributed by atoms with E-state index in [4.69, 9.17) is 17.3 Å². The number of nitrogen functional groups attached to an aromatic ring is 1. The summed E-state index contributed by atoms with van der Waals surface area (Å²) in [5.74, 6) is 0.866. The number of hydrogen-bond acceptors (Lipinski definition) is 6. The molecule has 19 heavy (non-hydrogen) atoms. The maximum Gasteiger partial charge on any atom is 0.222 e. The van der Waals surface area contributed by atoms with Crippen molar-refractivity contribution in [1.29, 1.82) is 0 Å². The molecule has 1 aromatic rings. The number of nitrogens with zero attached hydrogens (tertiary/aromatic N) is 3. The predicted molar refractivity (Wildman–Crippen MR) is 74.5 cm³/mol. The third kappa shape index (κ3) is 3.68. The Morgan fingerprint density at radius 2 is 2.37 bits per heavy atom. The lowest BCUT2D eigenvalue weighted by molar-refractivity contribution is 0.466. The second kappa shape index (κ2) is 5.48. The van der Waals surface area contributed by atoms with Crippen LogP contribution in [0.2, 0.25) is 5.02 Å². The molecule has 0 bridgehead atoms. The van der Waals surface area contributed by atoms with Crippen LogP contribution in [0.4, 0.5) is 11.8 Å². The van der Waals surface area contributed by atoms with E-state index in [9.17, 15) is 8.42 Å². The van der Waals surface area contributed by atoms with Crippen molar-refractivity contribution in [3.05, 3.63) is 11.2 Å². The Kier molecular flexibility index (Phi) is 4.12. The van der Waals surface area contributed by atoms with Crippen LogP contribution >= 0.6 is 11.6 Å². The lowest BCUT2D eigenvalue weighted by Gasteiger charge is -2.14. The molecule has 0 radical (unpaired) electrons. The summed E-state index contributed by atoms with van der Waals surface area (Å²) >= 11 is 5.93. The molecule has 1 unspecified atom stereocenters. The van der Waals surface area contributed by atoms with E-state index in [0.29, 0.717) is 30.5 Å². The zero-order chi connectivity index (χ0) is 14.0. The van der Waals surface area contributed by atoms with Gasteiger partial charge in [0.05, 0.1) is 12.5 Å². The van der Waals surface area contributed by atoms with Crippen LogP contribution in [0.1, 0.15) is 6.42 Å². The first-order valence-electron chi connectivity index (χ1n) is 5.83. The fraction of sp³-hybridized carbons (Fsp3) is 0.600. The molecule has 9 heteroatoms. The highest BCUT2D eigenvalue weighted by molar-refractivity contribution is 7.88. The molecule has 0 aromatic carbocycles. The molecule has 106 valence electrons. The molecule has 7 nitrogen and oxygen atoms in total. The second-order valence-corrected chi connectivity index (χ2v) is 6.97. The summed E-state index contributed by atoms with van der Waals surface area (Å²) in [6, 6.07) is 0. The lowest BCUT2D eigenvalue weighted by Crippen LogP contribution is -2.28. The number of aromatic nitrogens is 2. The SMILES string of the molecule is CS(=O)(=O)N1CCC(CNc2nc(N)ncc2Cl)C1. The number of nitrogens with one attached hydrogen (secondary N) is 1. The molecule has 0 spiro atoms. The fourth-order valence-corrected chi connectivity index (χ4v) is 3.09. The third-order valence-corrected chi connectivity index (χ3v) is 4.58. The molecule has 1 saturated heterocycles. The van der Waals surface area contributed by atoms with Crippen LogP contribution in [-0.2, 0) is 10.0 Å². The van der Waals surface area contributed by atoms with Crippen molar-refractivity contribution in [2.45, 2.75) is 6.42 Å². The monoisotopic (exact) mass is 305 g/mol. The van der Waals surface area contributed by atoms with E-state index >= 15 is 0 Å². The van der Waals surface area contributed by atoms with Gasteiger partial charge in [0.1, 0.15) is 10.8 Å². The van der Waals surface area contributed by atoms with Crippen molar-refractivity contribution in [2.24, 2.45) is 5.92 Å². The standard InChI is InChI=1S/C10H16ClN5O2S/c1-19(17,18)16-3-2-7(6-16)4-13-9-8(11)5-14-10(12)15-9/h5,7H,2-4,6H2,1H3,(H3,12,13,14,15). The van der Waals surface area contributed by atoms with Gasteiger partial charge in [0.25, 0.3) is 0 Å². The van der Waals surface area contributed by atoms with Crippen LogP contribution in [0.25, 0.3) is 0 Å². The molecule has 0 aliphatic carbocycles. The van der Waals surface area contributed by atoms with Crippen molar-refractivity contribution in [1.82, 2.24) is 14.3 Å². The number of hydrogen-bond donors (Lipinski definition) is 2. The summed E-state index contributed by atoms with van der Waals surface area (Å²) in [6.45, 7) is 1.68. The fourth-order valence-electron chi connectivity index (χ4n) is 2.01. The Morgan fingerprint density at radius 3 is 3.00 bits per heavy atom. The molecule has 2 heterocycles. The van der Waals surface area contributed by atoms with Crippen molar-refractivity contribution in [3.8, 4) is 0 Å². The van der Waals surface area contributed by atoms with Gasteiger partial charge in [0.15, 0.2) is 0 Å². The number of anilines is 2. The highest BCUT2D eigenvalue weighted by atomic mass is 35.5. The molecule has 3 N–H and O–H groups in total.